The lowest BCUT2D eigenvalue weighted by Crippen LogP contribution is -2.07. The Morgan fingerprint density at radius 3 is 1.86 bits per heavy atom. The maximum atomic E-state index is 11.1. The number of thioether (sulfide) groups is 1. The van der Waals surface area contributed by atoms with Gasteiger partial charge < -0.3 is 4.74 Å². The van der Waals surface area contributed by atoms with Crippen molar-refractivity contribution in [1.29, 1.82) is 5.26 Å². The average Bonchev–Trinajstić information content (AvgIpc) is 2.49. The highest BCUT2D eigenvalue weighted by Crippen LogP contribution is 2.11. The summed E-state index contributed by atoms with van der Waals surface area (Å²) in [5.41, 5.74) is 0. The quantitative estimate of drug-likeness (QED) is 0.229. The zero-order valence-electron chi connectivity index (χ0n) is 13.6. The Morgan fingerprint density at radius 1 is 0.905 bits per heavy atom. The van der Waals surface area contributed by atoms with Crippen LogP contribution >= 0.6 is 11.8 Å². The van der Waals surface area contributed by atoms with Crippen molar-refractivity contribution in [3.63, 3.8) is 0 Å². The maximum absolute atomic E-state index is 11.1. The number of esters is 1. The largest absolute Gasteiger partial charge is 0.465 e. The maximum Gasteiger partial charge on any atom is 0.316 e. The number of nitrogens with zero attached hydrogens (tertiary/aromatic N) is 1. The summed E-state index contributed by atoms with van der Waals surface area (Å²) in [5.74, 6) is -0.126. The molecule has 0 bridgehead atoms. The number of hydrogen-bond donors (Lipinski definition) is 0. The van der Waals surface area contributed by atoms with E-state index in [1.54, 1.807) is 0 Å². The van der Waals surface area contributed by atoms with E-state index in [1.165, 1.54) is 64.2 Å². The SMILES string of the molecule is CCCCCCCCCCCCCCOC(=O)CSC#N. The second kappa shape index (κ2) is 17.4. The van der Waals surface area contributed by atoms with Gasteiger partial charge in [0.2, 0.25) is 0 Å². The van der Waals surface area contributed by atoms with Gasteiger partial charge in [-0.2, -0.15) is 5.26 Å². The monoisotopic (exact) mass is 313 g/mol. The second-order valence-electron chi connectivity index (χ2n) is 5.49. The molecule has 4 heteroatoms. The summed E-state index contributed by atoms with van der Waals surface area (Å²) in [6.07, 6.45) is 15.6. The van der Waals surface area contributed by atoms with Gasteiger partial charge in [-0.05, 0) is 18.2 Å². The molecule has 0 saturated carbocycles. The smallest absolute Gasteiger partial charge is 0.316 e. The van der Waals surface area contributed by atoms with Crippen LogP contribution in [-0.4, -0.2) is 18.3 Å². The van der Waals surface area contributed by atoms with Crippen molar-refractivity contribution in [2.24, 2.45) is 0 Å². The zero-order chi connectivity index (χ0) is 15.6. The number of hydrogen-bond acceptors (Lipinski definition) is 4. The fourth-order valence-corrected chi connectivity index (χ4v) is 2.53. The molecule has 0 unspecified atom stereocenters. The third-order valence-corrected chi connectivity index (χ3v) is 4.02. The van der Waals surface area contributed by atoms with E-state index >= 15 is 0 Å². The van der Waals surface area contributed by atoms with Crippen LogP contribution in [0.25, 0.3) is 0 Å². The van der Waals surface area contributed by atoms with Gasteiger partial charge in [-0.15, -0.1) is 0 Å². The first-order valence-electron chi connectivity index (χ1n) is 8.47. The Hall–Kier alpha value is -0.690. The summed E-state index contributed by atoms with van der Waals surface area (Å²) in [5, 5.41) is 10.2. The predicted molar refractivity (Wildman–Crippen MR) is 90.1 cm³/mol. The molecule has 0 aliphatic carbocycles. The molecule has 122 valence electrons. The second-order valence-corrected chi connectivity index (χ2v) is 6.25. The van der Waals surface area contributed by atoms with Crippen molar-refractivity contribution >= 4 is 17.7 Å². The molecule has 0 N–H and O–H groups in total. The Labute approximate surface area is 134 Å². The van der Waals surface area contributed by atoms with Crippen molar-refractivity contribution in [2.75, 3.05) is 12.4 Å². The number of ether oxygens (including phenoxy) is 1. The minimum Gasteiger partial charge on any atom is -0.465 e. The van der Waals surface area contributed by atoms with Crippen LogP contribution in [0.4, 0.5) is 0 Å². The Morgan fingerprint density at radius 2 is 1.38 bits per heavy atom. The van der Waals surface area contributed by atoms with E-state index in [4.69, 9.17) is 10.00 Å². The standard InChI is InChI=1S/C17H31NO2S/c1-2-3-4-5-6-7-8-9-10-11-12-13-14-20-17(19)15-21-16-18/h2-15H2,1H3. The van der Waals surface area contributed by atoms with E-state index in [9.17, 15) is 4.79 Å². The molecule has 0 spiro atoms. The minimum absolute atomic E-state index is 0.148. The minimum atomic E-state index is -0.273. The van der Waals surface area contributed by atoms with Gasteiger partial charge in [-0.25, -0.2) is 0 Å². The molecule has 0 rings (SSSR count). The van der Waals surface area contributed by atoms with E-state index < -0.39 is 0 Å². The first-order valence-corrected chi connectivity index (χ1v) is 9.46. The first-order chi connectivity index (χ1) is 10.3. The molecule has 0 aliphatic heterocycles. The molecule has 0 radical (unpaired) electrons. The average molecular weight is 314 g/mol. The van der Waals surface area contributed by atoms with Gasteiger partial charge in [-0.1, -0.05) is 77.6 Å². The number of thiocyanates is 1. The Kier molecular flexibility index (Phi) is 16.8. The lowest BCUT2D eigenvalue weighted by molar-refractivity contribution is -0.140. The van der Waals surface area contributed by atoms with Gasteiger partial charge in [-0.3, -0.25) is 4.79 Å². The highest BCUT2D eigenvalue weighted by molar-refractivity contribution is 8.04. The fourth-order valence-electron chi connectivity index (χ4n) is 2.26. The van der Waals surface area contributed by atoms with Gasteiger partial charge in [0.05, 0.1) is 6.61 Å². The van der Waals surface area contributed by atoms with Crippen molar-refractivity contribution < 1.29 is 9.53 Å². The molecule has 0 saturated heterocycles. The molecule has 0 amide bonds. The van der Waals surface area contributed by atoms with Crippen LogP contribution in [0.1, 0.15) is 84.0 Å². The number of carbonyl (C=O) groups excluding carboxylic acids is 1. The van der Waals surface area contributed by atoms with Crippen molar-refractivity contribution in [3.05, 3.63) is 0 Å². The number of rotatable bonds is 15. The molecule has 0 fully saturated rings. The summed E-state index contributed by atoms with van der Waals surface area (Å²) in [7, 11) is 0. The first kappa shape index (κ1) is 20.3. The van der Waals surface area contributed by atoms with Crippen molar-refractivity contribution in [1.82, 2.24) is 0 Å². The molecule has 0 heterocycles. The van der Waals surface area contributed by atoms with Crippen LogP contribution in [0.5, 0.6) is 0 Å². The highest BCUT2D eigenvalue weighted by atomic mass is 32.2. The molecular formula is C17H31NO2S. The molecule has 0 aromatic heterocycles. The topological polar surface area (TPSA) is 50.1 Å². The summed E-state index contributed by atoms with van der Waals surface area (Å²) in [6.45, 7) is 2.76. The van der Waals surface area contributed by atoms with Gasteiger partial charge in [0.15, 0.2) is 0 Å². The van der Waals surface area contributed by atoms with Gasteiger partial charge in [0.1, 0.15) is 11.2 Å². The normalized spacial score (nSPS) is 10.3. The van der Waals surface area contributed by atoms with Crippen LogP contribution < -0.4 is 0 Å². The van der Waals surface area contributed by atoms with Gasteiger partial charge >= 0.3 is 5.97 Å². The third-order valence-electron chi connectivity index (χ3n) is 3.52. The van der Waals surface area contributed by atoms with Crippen LogP contribution in [0, 0.1) is 10.7 Å². The van der Waals surface area contributed by atoms with Crippen LogP contribution in [0.15, 0.2) is 0 Å². The lowest BCUT2D eigenvalue weighted by Gasteiger charge is -2.04. The highest BCUT2D eigenvalue weighted by Gasteiger charge is 2.01. The number of unbranched alkanes of at least 4 members (excludes halogenated alkanes) is 11. The number of carbonyl (C=O) groups is 1. The molecule has 0 aromatic rings. The van der Waals surface area contributed by atoms with Crippen LogP contribution in [0.2, 0.25) is 0 Å². The summed E-state index contributed by atoms with van der Waals surface area (Å²) in [4.78, 5) is 11.1. The summed E-state index contributed by atoms with van der Waals surface area (Å²) >= 11 is 0.933. The van der Waals surface area contributed by atoms with Gasteiger partial charge in [0.25, 0.3) is 0 Å². The molecule has 0 aromatic carbocycles. The molecular weight excluding hydrogens is 282 g/mol. The van der Waals surface area contributed by atoms with Crippen molar-refractivity contribution in [2.45, 2.75) is 84.0 Å². The van der Waals surface area contributed by atoms with E-state index in [0.29, 0.717) is 6.61 Å². The molecule has 0 atom stereocenters. The summed E-state index contributed by atoms with van der Waals surface area (Å²) in [6, 6.07) is 0. The zero-order valence-corrected chi connectivity index (χ0v) is 14.4. The molecule has 21 heavy (non-hydrogen) atoms. The Bertz CT molecular complexity index is 276. The van der Waals surface area contributed by atoms with Crippen LogP contribution in [0.3, 0.4) is 0 Å². The van der Waals surface area contributed by atoms with E-state index in [0.717, 1.165) is 24.6 Å². The third kappa shape index (κ3) is 17.3. The predicted octanol–water partition coefficient (Wildman–Crippen LogP) is 5.44. The Balaban J connectivity index is 3.06. The van der Waals surface area contributed by atoms with E-state index in [-0.39, 0.29) is 11.7 Å². The van der Waals surface area contributed by atoms with Gasteiger partial charge in [0, 0.05) is 0 Å². The molecule has 3 nitrogen and oxygen atoms in total. The van der Waals surface area contributed by atoms with Crippen molar-refractivity contribution in [3.8, 4) is 5.40 Å². The molecule has 0 aliphatic rings. The summed E-state index contributed by atoms with van der Waals surface area (Å²) < 4.78 is 5.03. The van der Waals surface area contributed by atoms with E-state index in [1.807, 2.05) is 5.40 Å². The van der Waals surface area contributed by atoms with Crippen LogP contribution in [-0.2, 0) is 9.53 Å². The van der Waals surface area contributed by atoms with E-state index in [2.05, 4.69) is 6.92 Å². The lowest BCUT2D eigenvalue weighted by atomic mass is 10.1. The number of nitriles is 1. The fraction of sp³-hybridized carbons (Fsp3) is 0.882.